The Labute approximate surface area is 215 Å². The number of thioether (sulfide) groups is 1. The fraction of sp³-hybridized carbons (Fsp3) is 0.520. The summed E-state index contributed by atoms with van der Waals surface area (Å²) in [5.74, 6) is 2.51. The molecule has 190 valence electrons. The predicted octanol–water partition coefficient (Wildman–Crippen LogP) is 1.89. The molecule has 10 nitrogen and oxygen atoms in total. The molecule has 3 fully saturated rings. The highest BCUT2D eigenvalue weighted by Crippen LogP contribution is 2.29. The number of piperazine rings is 1. The van der Waals surface area contributed by atoms with E-state index in [0.717, 1.165) is 82.1 Å². The molecular formula is C25H32N8O2S. The van der Waals surface area contributed by atoms with Gasteiger partial charge in [-0.2, -0.15) is 4.98 Å². The van der Waals surface area contributed by atoms with Crippen molar-refractivity contribution in [3.8, 4) is 0 Å². The Morgan fingerprint density at radius 1 is 0.806 bits per heavy atom. The van der Waals surface area contributed by atoms with E-state index in [9.17, 15) is 0 Å². The molecule has 36 heavy (non-hydrogen) atoms. The summed E-state index contributed by atoms with van der Waals surface area (Å²) in [6, 6.07) is 10.7. The molecule has 5 heterocycles. The molecule has 0 saturated carbocycles. The SMILES string of the molecule is c1ccc(CSC2CN(N3CCOCC3)CCN2c2ncc3ncc(N4CCOCC4)nc3n2)cc1. The van der Waals surface area contributed by atoms with Crippen molar-refractivity contribution >= 4 is 34.7 Å². The minimum absolute atomic E-state index is 0.217. The van der Waals surface area contributed by atoms with Gasteiger partial charge in [0, 0.05) is 51.6 Å². The van der Waals surface area contributed by atoms with E-state index in [-0.39, 0.29) is 5.37 Å². The second-order valence-electron chi connectivity index (χ2n) is 9.13. The Kier molecular flexibility index (Phi) is 7.42. The molecule has 1 atom stereocenters. The van der Waals surface area contributed by atoms with Crippen LogP contribution in [0.2, 0.25) is 0 Å². The molecule has 3 saturated heterocycles. The van der Waals surface area contributed by atoms with Crippen LogP contribution in [-0.4, -0.2) is 108 Å². The maximum atomic E-state index is 5.58. The van der Waals surface area contributed by atoms with Crippen LogP contribution in [0.25, 0.3) is 11.2 Å². The number of ether oxygens (including phenoxy) is 2. The van der Waals surface area contributed by atoms with E-state index in [1.165, 1.54) is 5.56 Å². The maximum Gasteiger partial charge on any atom is 0.228 e. The van der Waals surface area contributed by atoms with E-state index in [4.69, 9.17) is 24.4 Å². The van der Waals surface area contributed by atoms with Crippen LogP contribution in [0.15, 0.2) is 42.7 Å². The van der Waals surface area contributed by atoms with Gasteiger partial charge in [-0.1, -0.05) is 30.3 Å². The van der Waals surface area contributed by atoms with E-state index in [1.807, 2.05) is 18.0 Å². The third kappa shape index (κ3) is 5.40. The first kappa shape index (κ1) is 23.8. The fourth-order valence-corrected chi connectivity index (χ4v) is 6.08. The molecule has 0 spiro atoms. The maximum absolute atomic E-state index is 5.58. The summed E-state index contributed by atoms with van der Waals surface area (Å²) < 4.78 is 11.1. The Bertz CT molecular complexity index is 1140. The van der Waals surface area contributed by atoms with Crippen molar-refractivity contribution in [1.82, 2.24) is 30.0 Å². The molecule has 3 aliphatic rings. The molecule has 3 aliphatic heterocycles. The monoisotopic (exact) mass is 508 g/mol. The van der Waals surface area contributed by atoms with Gasteiger partial charge in [-0.25, -0.2) is 25.0 Å². The van der Waals surface area contributed by atoms with E-state index in [0.29, 0.717) is 18.9 Å². The second kappa shape index (κ2) is 11.2. The molecule has 1 aromatic carbocycles. The quantitative estimate of drug-likeness (QED) is 0.489. The van der Waals surface area contributed by atoms with Gasteiger partial charge >= 0.3 is 0 Å². The third-order valence-electron chi connectivity index (χ3n) is 6.86. The Morgan fingerprint density at radius 3 is 2.39 bits per heavy atom. The molecule has 3 aromatic rings. The summed E-state index contributed by atoms with van der Waals surface area (Å²) in [5.41, 5.74) is 2.69. The number of nitrogens with zero attached hydrogens (tertiary/aromatic N) is 8. The number of morpholine rings is 2. The molecule has 0 radical (unpaired) electrons. The zero-order chi connectivity index (χ0) is 24.2. The molecule has 0 amide bonds. The standard InChI is InChI=1S/C25H32N8O2S/c1-2-4-20(5-3-1)19-36-23-18-32(31-10-14-35-15-11-31)6-7-33(23)25-27-16-21-24(29-25)28-22(17-26-21)30-8-12-34-13-9-30/h1-5,16-17,23H,6-15,18-19H2. The number of rotatable bonds is 6. The smallest absolute Gasteiger partial charge is 0.228 e. The normalized spacial score (nSPS) is 22.3. The van der Waals surface area contributed by atoms with E-state index < -0.39 is 0 Å². The van der Waals surface area contributed by atoms with Crippen molar-refractivity contribution in [2.45, 2.75) is 11.1 Å². The van der Waals surface area contributed by atoms with Crippen LogP contribution in [0, 0.1) is 0 Å². The fourth-order valence-electron chi connectivity index (χ4n) is 4.85. The Balaban J connectivity index is 1.24. The van der Waals surface area contributed by atoms with Crippen LogP contribution in [-0.2, 0) is 15.2 Å². The molecule has 0 aliphatic carbocycles. The van der Waals surface area contributed by atoms with Gasteiger partial charge in [0.25, 0.3) is 0 Å². The highest BCUT2D eigenvalue weighted by molar-refractivity contribution is 7.99. The van der Waals surface area contributed by atoms with E-state index >= 15 is 0 Å². The van der Waals surface area contributed by atoms with Crippen LogP contribution < -0.4 is 9.80 Å². The van der Waals surface area contributed by atoms with Gasteiger partial charge in [0.1, 0.15) is 11.3 Å². The predicted molar refractivity (Wildman–Crippen MR) is 141 cm³/mol. The van der Waals surface area contributed by atoms with Gasteiger partial charge in [0.15, 0.2) is 5.65 Å². The molecular weight excluding hydrogens is 476 g/mol. The number of anilines is 2. The minimum atomic E-state index is 0.217. The largest absolute Gasteiger partial charge is 0.379 e. The number of hydrogen-bond acceptors (Lipinski definition) is 11. The van der Waals surface area contributed by atoms with Crippen molar-refractivity contribution in [2.75, 3.05) is 82.0 Å². The highest BCUT2D eigenvalue weighted by atomic mass is 32.2. The van der Waals surface area contributed by atoms with Gasteiger partial charge in [-0.05, 0) is 5.56 Å². The van der Waals surface area contributed by atoms with Crippen LogP contribution in [0.1, 0.15) is 5.56 Å². The van der Waals surface area contributed by atoms with Crippen molar-refractivity contribution in [1.29, 1.82) is 0 Å². The summed E-state index contributed by atoms with van der Waals surface area (Å²) in [7, 11) is 0. The number of aromatic nitrogens is 4. The lowest BCUT2D eigenvalue weighted by Crippen LogP contribution is -2.59. The van der Waals surface area contributed by atoms with E-state index in [2.05, 4.69) is 55.1 Å². The summed E-state index contributed by atoms with van der Waals surface area (Å²) in [5, 5.41) is 5.15. The molecule has 11 heteroatoms. The first-order valence-corrected chi connectivity index (χ1v) is 13.7. The molecule has 1 unspecified atom stereocenters. The first-order valence-electron chi connectivity index (χ1n) is 12.7. The number of hydrogen-bond donors (Lipinski definition) is 0. The summed E-state index contributed by atoms with van der Waals surface area (Å²) in [6.45, 7) is 9.24. The Morgan fingerprint density at radius 2 is 1.58 bits per heavy atom. The molecule has 2 aromatic heterocycles. The highest BCUT2D eigenvalue weighted by Gasteiger charge is 2.32. The van der Waals surface area contributed by atoms with Crippen LogP contribution in [0.4, 0.5) is 11.8 Å². The summed E-state index contributed by atoms with van der Waals surface area (Å²) >= 11 is 1.94. The summed E-state index contributed by atoms with van der Waals surface area (Å²) in [6.07, 6.45) is 3.62. The molecule has 0 N–H and O–H groups in total. The van der Waals surface area contributed by atoms with Crippen LogP contribution >= 0.6 is 11.8 Å². The van der Waals surface area contributed by atoms with Gasteiger partial charge < -0.3 is 19.3 Å². The van der Waals surface area contributed by atoms with Crippen LogP contribution in [0.5, 0.6) is 0 Å². The lowest BCUT2D eigenvalue weighted by atomic mass is 10.2. The van der Waals surface area contributed by atoms with Gasteiger partial charge in [0.2, 0.25) is 5.95 Å². The Hall–Kier alpha value is -2.57. The van der Waals surface area contributed by atoms with Crippen molar-refractivity contribution in [2.24, 2.45) is 0 Å². The van der Waals surface area contributed by atoms with Gasteiger partial charge in [-0.3, -0.25) is 0 Å². The molecule has 6 rings (SSSR count). The second-order valence-corrected chi connectivity index (χ2v) is 10.3. The zero-order valence-corrected chi connectivity index (χ0v) is 21.2. The van der Waals surface area contributed by atoms with E-state index in [1.54, 1.807) is 6.20 Å². The van der Waals surface area contributed by atoms with Crippen molar-refractivity contribution in [3.63, 3.8) is 0 Å². The number of benzene rings is 1. The van der Waals surface area contributed by atoms with Crippen LogP contribution in [0.3, 0.4) is 0 Å². The lowest BCUT2D eigenvalue weighted by Gasteiger charge is -2.46. The topological polar surface area (TPSA) is 83.0 Å². The average molecular weight is 509 g/mol. The third-order valence-corrected chi connectivity index (χ3v) is 8.14. The van der Waals surface area contributed by atoms with Gasteiger partial charge in [0.05, 0.1) is 44.2 Å². The number of hydrazine groups is 1. The lowest BCUT2D eigenvalue weighted by molar-refractivity contribution is -0.0937. The summed E-state index contributed by atoms with van der Waals surface area (Å²) in [4.78, 5) is 23.6. The zero-order valence-electron chi connectivity index (χ0n) is 20.4. The molecule has 0 bridgehead atoms. The first-order chi connectivity index (χ1) is 17.8. The minimum Gasteiger partial charge on any atom is -0.379 e. The average Bonchev–Trinajstić information content (AvgIpc) is 2.97. The van der Waals surface area contributed by atoms with Crippen molar-refractivity contribution < 1.29 is 9.47 Å². The number of fused-ring (bicyclic) bond motifs is 1. The van der Waals surface area contributed by atoms with Crippen molar-refractivity contribution in [3.05, 3.63) is 48.3 Å². The van der Waals surface area contributed by atoms with Gasteiger partial charge in [-0.15, -0.1) is 11.8 Å².